The second-order valence-electron chi connectivity index (χ2n) is 5.94. The van der Waals surface area contributed by atoms with Crippen molar-refractivity contribution >= 4 is 28.7 Å². The van der Waals surface area contributed by atoms with E-state index in [1.165, 1.54) is 18.4 Å². The predicted octanol–water partition coefficient (Wildman–Crippen LogP) is 3.24. The monoisotopic (exact) mass is 341 g/mol. The Balaban J connectivity index is 1.57. The zero-order chi connectivity index (χ0) is 16.5. The van der Waals surface area contributed by atoms with Crippen LogP contribution in [0.15, 0.2) is 35.7 Å². The Bertz CT molecular complexity index is 857. The maximum absolute atomic E-state index is 5.19. The molecule has 0 saturated heterocycles. The van der Waals surface area contributed by atoms with Gasteiger partial charge in [-0.25, -0.2) is 15.0 Å². The van der Waals surface area contributed by atoms with Gasteiger partial charge in [-0.3, -0.25) is 0 Å². The fourth-order valence-electron chi connectivity index (χ4n) is 2.44. The van der Waals surface area contributed by atoms with Crippen molar-refractivity contribution in [2.45, 2.75) is 29.8 Å². The van der Waals surface area contributed by atoms with Gasteiger partial charge in [-0.2, -0.15) is 0 Å². The highest BCUT2D eigenvalue weighted by Crippen LogP contribution is 2.30. The topological polar surface area (TPSA) is 64.9 Å². The highest BCUT2D eigenvalue weighted by atomic mass is 32.2. The van der Waals surface area contributed by atoms with Crippen LogP contribution in [0.5, 0.6) is 5.75 Å². The first-order valence-corrected chi connectivity index (χ1v) is 8.93. The molecular weight excluding hydrogens is 322 g/mol. The van der Waals surface area contributed by atoms with Crippen molar-refractivity contribution < 1.29 is 4.74 Å². The summed E-state index contributed by atoms with van der Waals surface area (Å²) >= 11 is 1.63. The number of thioether (sulfide) groups is 1. The van der Waals surface area contributed by atoms with Gasteiger partial charge in [0.05, 0.1) is 13.4 Å². The van der Waals surface area contributed by atoms with Crippen molar-refractivity contribution in [3.05, 3.63) is 36.2 Å². The van der Waals surface area contributed by atoms with Gasteiger partial charge in [0.15, 0.2) is 22.1 Å². The summed E-state index contributed by atoms with van der Waals surface area (Å²) in [6.07, 6.45) is 4.19. The zero-order valence-corrected chi connectivity index (χ0v) is 14.5. The molecule has 1 aliphatic carbocycles. The van der Waals surface area contributed by atoms with Gasteiger partial charge in [0.25, 0.3) is 0 Å². The molecule has 1 aliphatic rings. The first-order chi connectivity index (χ1) is 11.7. The molecule has 0 atom stereocenters. The lowest BCUT2D eigenvalue weighted by molar-refractivity contribution is 0.414. The summed E-state index contributed by atoms with van der Waals surface area (Å²) in [6, 6.07) is 8.61. The van der Waals surface area contributed by atoms with E-state index in [0.29, 0.717) is 6.04 Å². The maximum Gasteiger partial charge on any atom is 0.191 e. The Hall–Kier alpha value is -2.28. The minimum absolute atomic E-state index is 0.532. The lowest BCUT2D eigenvalue weighted by Gasteiger charge is -2.08. The van der Waals surface area contributed by atoms with E-state index in [1.54, 1.807) is 25.2 Å². The molecule has 1 fully saturated rings. The third kappa shape index (κ3) is 3.17. The van der Waals surface area contributed by atoms with Gasteiger partial charge in [-0.15, -0.1) is 0 Å². The molecule has 7 heteroatoms. The number of rotatable bonds is 6. The number of anilines is 1. The van der Waals surface area contributed by atoms with E-state index < -0.39 is 0 Å². The first-order valence-electron chi connectivity index (χ1n) is 7.94. The van der Waals surface area contributed by atoms with Crippen LogP contribution in [0, 0.1) is 0 Å². The number of aromatic nitrogens is 4. The molecule has 1 N–H and O–H groups in total. The Morgan fingerprint density at radius 1 is 1.25 bits per heavy atom. The van der Waals surface area contributed by atoms with Crippen molar-refractivity contribution in [1.82, 2.24) is 19.5 Å². The van der Waals surface area contributed by atoms with Gasteiger partial charge in [-0.1, -0.05) is 23.9 Å². The number of aryl methyl sites for hydroxylation is 1. The Morgan fingerprint density at radius 3 is 2.75 bits per heavy atom. The molecule has 0 bridgehead atoms. The number of benzene rings is 1. The van der Waals surface area contributed by atoms with Crippen LogP contribution in [0.4, 0.5) is 5.82 Å². The van der Waals surface area contributed by atoms with E-state index in [4.69, 9.17) is 4.74 Å². The molecule has 0 aliphatic heterocycles. The number of methoxy groups -OCH3 is 1. The third-order valence-electron chi connectivity index (χ3n) is 3.98. The zero-order valence-electron chi connectivity index (χ0n) is 13.7. The van der Waals surface area contributed by atoms with E-state index in [2.05, 4.69) is 32.4 Å². The summed E-state index contributed by atoms with van der Waals surface area (Å²) < 4.78 is 7.13. The quantitative estimate of drug-likeness (QED) is 0.548. The molecule has 0 radical (unpaired) electrons. The highest BCUT2D eigenvalue weighted by Gasteiger charge is 2.23. The summed E-state index contributed by atoms with van der Waals surface area (Å²) in [5, 5.41) is 4.24. The largest absolute Gasteiger partial charge is 0.497 e. The van der Waals surface area contributed by atoms with Gasteiger partial charge in [0.1, 0.15) is 5.75 Å². The van der Waals surface area contributed by atoms with Crippen molar-refractivity contribution in [1.29, 1.82) is 0 Å². The van der Waals surface area contributed by atoms with Crippen molar-refractivity contribution in [3.63, 3.8) is 0 Å². The molecule has 3 aromatic rings. The van der Waals surface area contributed by atoms with E-state index in [9.17, 15) is 0 Å². The van der Waals surface area contributed by atoms with Gasteiger partial charge < -0.3 is 14.6 Å². The minimum atomic E-state index is 0.532. The van der Waals surface area contributed by atoms with Crippen LogP contribution in [0.25, 0.3) is 11.2 Å². The fourth-order valence-corrected chi connectivity index (χ4v) is 3.24. The average Bonchev–Trinajstić information content (AvgIpc) is 3.35. The molecule has 24 heavy (non-hydrogen) atoms. The second kappa shape index (κ2) is 6.32. The smallest absolute Gasteiger partial charge is 0.191 e. The number of imidazole rings is 1. The molecule has 0 unspecified atom stereocenters. The van der Waals surface area contributed by atoms with Crippen LogP contribution in [-0.4, -0.2) is 32.7 Å². The summed E-state index contributed by atoms with van der Waals surface area (Å²) in [5.41, 5.74) is 2.93. The summed E-state index contributed by atoms with van der Waals surface area (Å²) in [5.74, 6) is 2.53. The molecule has 6 nitrogen and oxygen atoms in total. The number of nitrogens with one attached hydrogen (secondary N) is 1. The fraction of sp³-hybridized carbons (Fsp3) is 0.353. The van der Waals surface area contributed by atoms with Crippen LogP contribution >= 0.6 is 11.8 Å². The SMILES string of the molecule is COc1ccc(CSc2nc(NC3CC3)c3ncn(C)c3n2)cc1. The normalized spacial score (nSPS) is 14.1. The Kier molecular flexibility index (Phi) is 4.02. The molecule has 1 aromatic carbocycles. The van der Waals surface area contributed by atoms with Crippen LogP contribution in [0.2, 0.25) is 0 Å². The van der Waals surface area contributed by atoms with Gasteiger partial charge in [0.2, 0.25) is 0 Å². The number of hydrogen-bond acceptors (Lipinski definition) is 6. The maximum atomic E-state index is 5.19. The molecule has 0 spiro atoms. The van der Waals surface area contributed by atoms with Crippen LogP contribution in [0.3, 0.4) is 0 Å². The molecule has 4 rings (SSSR count). The molecule has 1 saturated carbocycles. The lowest BCUT2D eigenvalue weighted by Crippen LogP contribution is -2.06. The van der Waals surface area contributed by atoms with Crippen molar-refractivity contribution in [3.8, 4) is 5.75 Å². The predicted molar refractivity (Wildman–Crippen MR) is 95.5 cm³/mol. The number of fused-ring (bicyclic) bond motifs is 1. The molecule has 124 valence electrons. The molecule has 0 amide bonds. The standard InChI is InChI=1S/C17H19N5OS/c1-22-10-18-14-15(19-12-5-6-12)20-17(21-16(14)22)24-9-11-3-7-13(23-2)8-4-11/h3-4,7-8,10,12H,5-6,9H2,1-2H3,(H,19,20,21). The van der Waals surface area contributed by atoms with E-state index in [0.717, 1.165) is 33.6 Å². The van der Waals surface area contributed by atoms with Crippen molar-refractivity contribution in [2.24, 2.45) is 7.05 Å². The second-order valence-corrected chi connectivity index (χ2v) is 6.88. The Morgan fingerprint density at radius 2 is 2.04 bits per heavy atom. The highest BCUT2D eigenvalue weighted by molar-refractivity contribution is 7.98. The van der Waals surface area contributed by atoms with Crippen molar-refractivity contribution in [2.75, 3.05) is 12.4 Å². The third-order valence-corrected chi connectivity index (χ3v) is 4.90. The lowest BCUT2D eigenvalue weighted by atomic mass is 10.2. The van der Waals surface area contributed by atoms with Gasteiger partial charge in [0, 0.05) is 18.8 Å². The van der Waals surface area contributed by atoms with E-state index in [-0.39, 0.29) is 0 Å². The van der Waals surface area contributed by atoms with E-state index >= 15 is 0 Å². The average molecular weight is 341 g/mol. The van der Waals surface area contributed by atoms with Crippen LogP contribution in [0.1, 0.15) is 18.4 Å². The van der Waals surface area contributed by atoms with E-state index in [1.807, 2.05) is 23.7 Å². The van der Waals surface area contributed by atoms with Gasteiger partial charge >= 0.3 is 0 Å². The summed E-state index contributed by atoms with van der Waals surface area (Å²) in [7, 11) is 3.64. The molecule has 2 heterocycles. The summed E-state index contributed by atoms with van der Waals surface area (Å²) in [6.45, 7) is 0. The Labute approximate surface area is 144 Å². The van der Waals surface area contributed by atoms with Gasteiger partial charge in [-0.05, 0) is 30.5 Å². The van der Waals surface area contributed by atoms with Crippen LogP contribution < -0.4 is 10.1 Å². The molecule has 2 aromatic heterocycles. The number of ether oxygens (including phenoxy) is 1. The van der Waals surface area contributed by atoms with Crippen LogP contribution in [-0.2, 0) is 12.8 Å². The first kappa shape index (κ1) is 15.3. The number of nitrogens with zero attached hydrogens (tertiary/aromatic N) is 4. The number of hydrogen-bond donors (Lipinski definition) is 1. The minimum Gasteiger partial charge on any atom is -0.497 e. The molecular formula is C17H19N5OS. The summed E-state index contributed by atoms with van der Waals surface area (Å²) in [4.78, 5) is 13.8.